The molecule has 1 saturated heterocycles. The smallest absolute Gasteiger partial charge is 0.233 e. The molecule has 0 spiro atoms. The van der Waals surface area contributed by atoms with Gasteiger partial charge in [0.1, 0.15) is 11.6 Å². The van der Waals surface area contributed by atoms with Gasteiger partial charge in [-0.05, 0) is 25.0 Å². The topological polar surface area (TPSA) is 51.0 Å². The summed E-state index contributed by atoms with van der Waals surface area (Å²) in [5.74, 6) is -0.728. The number of nitrogens with zero attached hydrogens (tertiary/aromatic N) is 4. The molecule has 28 heavy (non-hydrogen) atoms. The quantitative estimate of drug-likeness (QED) is 0.609. The molecule has 0 aliphatic carbocycles. The predicted molar refractivity (Wildman–Crippen MR) is 103 cm³/mol. The summed E-state index contributed by atoms with van der Waals surface area (Å²) in [5.41, 5.74) is 0.887. The van der Waals surface area contributed by atoms with Crippen LogP contribution in [0.3, 0.4) is 0 Å². The van der Waals surface area contributed by atoms with Gasteiger partial charge >= 0.3 is 0 Å². The minimum absolute atomic E-state index is 0.0258. The number of hydrogen-bond donors (Lipinski definition) is 0. The number of halogens is 2. The number of rotatable bonds is 5. The van der Waals surface area contributed by atoms with E-state index in [1.807, 2.05) is 35.2 Å². The molecule has 1 aliphatic rings. The second-order valence-electron chi connectivity index (χ2n) is 6.48. The number of benzene rings is 2. The number of hydrogen-bond acceptors (Lipinski definition) is 4. The Balaban J connectivity index is 1.70. The summed E-state index contributed by atoms with van der Waals surface area (Å²) >= 11 is 1.20. The molecule has 8 heteroatoms. The van der Waals surface area contributed by atoms with Gasteiger partial charge < -0.3 is 4.90 Å². The van der Waals surface area contributed by atoms with Crippen LogP contribution in [0.15, 0.2) is 53.7 Å². The second kappa shape index (κ2) is 8.10. The molecule has 0 bridgehead atoms. The molecule has 0 saturated carbocycles. The van der Waals surface area contributed by atoms with E-state index in [-0.39, 0.29) is 17.3 Å². The third-order valence-electron chi connectivity index (χ3n) is 4.60. The molecule has 3 aromatic rings. The molecule has 1 amide bonds. The van der Waals surface area contributed by atoms with Gasteiger partial charge in [-0.1, -0.05) is 42.1 Å². The van der Waals surface area contributed by atoms with Gasteiger partial charge in [-0.3, -0.25) is 9.36 Å². The number of carbonyl (C=O) groups excluding carboxylic acids is 1. The SMILES string of the molecule is O=C(CSc1nnc(-c2ccccc2)n1-c1ccc(F)cc1F)N1CCCC1. The van der Waals surface area contributed by atoms with Crippen LogP contribution in [-0.2, 0) is 4.79 Å². The van der Waals surface area contributed by atoms with Crippen LogP contribution in [0.1, 0.15) is 12.8 Å². The summed E-state index contributed by atoms with van der Waals surface area (Å²) in [4.78, 5) is 14.2. The van der Waals surface area contributed by atoms with E-state index in [1.165, 1.54) is 28.5 Å². The lowest BCUT2D eigenvalue weighted by atomic mass is 10.2. The minimum Gasteiger partial charge on any atom is -0.342 e. The maximum absolute atomic E-state index is 14.5. The molecule has 2 aromatic carbocycles. The van der Waals surface area contributed by atoms with Crippen molar-refractivity contribution in [3.63, 3.8) is 0 Å². The van der Waals surface area contributed by atoms with Crippen molar-refractivity contribution in [2.45, 2.75) is 18.0 Å². The Labute approximate surface area is 165 Å². The van der Waals surface area contributed by atoms with Crippen molar-refractivity contribution in [3.8, 4) is 17.1 Å². The zero-order chi connectivity index (χ0) is 19.5. The Hall–Kier alpha value is -2.74. The lowest BCUT2D eigenvalue weighted by molar-refractivity contribution is -0.127. The van der Waals surface area contributed by atoms with Crippen molar-refractivity contribution in [1.29, 1.82) is 0 Å². The zero-order valence-corrected chi connectivity index (χ0v) is 15.8. The van der Waals surface area contributed by atoms with Gasteiger partial charge in [0.25, 0.3) is 0 Å². The van der Waals surface area contributed by atoms with Gasteiger partial charge in [0, 0.05) is 24.7 Å². The molecule has 0 radical (unpaired) electrons. The van der Waals surface area contributed by atoms with Gasteiger partial charge in [0.05, 0.1) is 11.4 Å². The molecule has 2 heterocycles. The molecule has 1 fully saturated rings. The van der Waals surface area contributed by atoms with E-state index in [0.717, 1.165) is 37.6 Å². The van der Waals surface area contributed by atoms with Gasteiger partial charge in [-0.15, -0.1) is 10.2 Å². The number of amides is 1. The first-order chi connectivity index (χ1) is 13.6. The summed E-state index contributed by atoms with van der Waals surface area (Å²) in [6, 6.07) is 12.6. The van der Waals surface area contributed by atoms with Gasteiger partial charge in [-0.2, -0.15) is 0 Å². The van der Waals surface area contributed by atoms with Crippen LogP contribution >= 0.6 is 11.8 Å². The van der Waals surface area contributed by atoms with E-state index in [4.69, 9.17) is 0 Å². The standard InChI is InChI=1S/C20H18F2N4OS/c21-15-8-9-17(16(22)12-15)26-19(14-6-2-1-3-7-14)23-24-20(26)28-13-18(27)25-10-4-5-11-25/h1-3,6-9,12H,4-5,10-11,13H2. The molecular formula is C20H18F2N4OS. The first-order valence-electron chi connectivity index (χ1n) is 9.00. The van der Waals surface area contributed by atoms with Crippen molar-refractivity contribution in [2.24, 2.45) is 0 Å². The fourth-order valence-corrected chi connectivity index (χ4v) is 4.05. The molecule has 144 valence electrons. The van der Waals surface area contributed by atoms with E-state index in [9.17, 15) is 13.6 Å². The third-order valence-corrected chi connectivity index (χ3v) is 5.51. The van der Waals surface area contributed by atoms with E-state index < -0.39 is 11.6 Å². The zero-order valence-electron chi connectivity index (χ0n) is 15.0. The van der Waals surface area contributed by atoms with E-state index in [1.54, 1.807) is 0 Å². The highest BCUT2D eigenvalue weighted by Crippen LogP contribution is 2.29. The Bertz CT molecular complexity index is 987. The number of carbonyl (C=O) groups is 1. The fourth-order valence-electron chi connectivity index (χ4n) is 3.20. The second-order valence-corrected chi connectivity index (χ2v) is 7.42. The van der Waals surface area contributed by atoms with Crippen LogP contribution in [0.4, 0.5) is 8.78 Å². The monoisotopic (exact) mass is 400 g/mol. The highest BCUT2D eigenvalue weighted by Gasteiger charge is 2.22. The summed E-state index contributed by atoms with van der Waals surface area (Å²) in [5, 5.41) is 8.77. The fraction of sp³-hybridized carbons (Fsp3) is 0.250. The molecular weight excluding hydrogens is 382 g/mol. The molecule has 5 nitrogen and oxygen atoms in total. The van der Waals surface area contributed by atoms with Crippen LogP contribution < -0.4 is 0 Å². The summed E-state index contributed by atoms with van der Waals surface area (Å²) < 4.78 is 29.5. The summed E-state index contributed by atoms with van der Waals surface area (Å²) in [6.07, 6.45) is 2.04. The van der Waals surface area contributed by atoms with Crippen LogP contribution in [0, 0.1) is 11.6 Å². The van der Waals surface area contributed by atoms with Gasteiger partial charge in [0.15, 0.2) is 11.0 Å². The molecule has 0 N–H and O–H groups in total. The van der Waals surface area contributed by atoms with Crippen molar-refractivity contribution in [1.82, 2.24) is 19.7 Å². The van der Waals surface area contributed by atoms with E-state index in [0.29, 0.717) is 11.0 Å². The van der Waals surface area contributed by atoms with Gasteiger partial charge in [-0.25, -0.2) is 8.78 Å². The summed E-state index contributed by atoms with van der Waals surface area (Å²) in [7, 11) is 0. The third kappa shape index (κ3) is 3.77. The molecule has 0 atom stereocenters. The normalized spacial score (nSPS) is 13.9. The molecule has 0 unspecified atom stereocenters. The highest BCUT2D eigenvalue weighted by atomic mass is 32.2. The first kappa shape index (κ1) is 18.6. The molecule has 4 rings (SSSR count). The van der Waals surface area contributed by atoms with Crippen molar-refractivity contribution in [2.75, 3.05) is 18.8 Å². The first-order valence-corrected chi connectivity index (χ1v) is 9.99. The van der Waals surface area contributed by atoms with E-state index >= 15 is 0 Å². The number of likely N-dealkylation sites (tertiary alicyclic amines) is 1. The maximum atomic E-state index is 14.5. The van der Waals surface area contributed by atoms with Crippen LogP contribution in [0.5, 0.6) is 0 Å². The number of thioether (sulfide) groups is 1. The van der Waals surface area contributed by atoms with Crippen LogP contribution in [0.25, 0.3) is 17.1 Å². The lowest BCUT2D eigenvalue weighted by Gasteiger charge is -2.15. The van der Waals surface area contributed by atoms with Crippen molar-refractivity contribution < 1.29 is 13.6 Å². The van der Waals surface area contributed by atoms with E-state index in [2.05, 4.69) is 10.2 Å². The van der Waals surface area contributed by atoms with Crippen molar-refractivity contribution in [3.05, 3.63) is 60.2 Å². The highest BCUT2D eigenvalue weighted by molar-refractivity contribution is 7.99. The Morgan fingerprint density at radius 1 is 1.04 bits per heavy atom. The Kier molecular flexibility index (Phi) is 5.38. The predicted octanol–water partition coefficient (Wildman–Crippen LogP) is 3.93. The van der Waals surface area contributed by atoms with Crippen LogP contribution in [0.2, 0.25) is 0 Å². The summed E-state index contributed by atoms with van der Waals surface area (Å²) in [6.45, 7) is 1.54. The number of aromatic nitrogens is 3. The minimum atomic E-state index is -0.718. The average Bonchev–Trinajstić information content (AvgIpc) is 3.37. The van der Waals surface area contributed by atoms with Crippen LogP contribution in [-0.4, -0.2) is 44.4 Å². The largest absolute Gasteiger partial charge is 0.342 e. The molecule has 1 aliphatic heterocycles. The Morgan fingerprint density at radius 2 is 1.79 bits per heavy atom. The Morgan fingerprint density at radius 3 is 2.50 bits per heavy atom. The maximum Gasteiger partial charge on any atom is 0.233 e. The molecule has 1 aromatic heterocycles. The average molecular weight is 400 g/mol. The lowest BCUT2D eigenvalue weighted by Crippen LogP contribution is -2.29. The van der Waals surface area contributed by atoms with Gasteiger partial charge in [0.2, 0.25) is 5.91 Å². The van der Waals surface area contributed by atoms with Crippen molar-refractivity contribution >= 4 is 17.7 Å².